The van der Waals surface area contributed by atoms with Crippen molar-refractivity contribution in [3.05, 3.63) is 10.8 Å². The lowest BCUT2D eigenvalue weighted by molar-refractivity contribution is 1.01. The Labute approximate surface area is 106 Å². The van der Waals surface area contributed by atoms with Gasteiger partial charge in [0.15, 0.2) is 17.1 Å². The van der Waals surface area contributed by atoms with Crippen LogP contribution in [-0.4, -0.2) is 18.9 Å². The lowest BCUT2D eigenvalue weighted by atomic mass is 10.5. The zero-order valence-corrected chi connectivity index (χ0v) is 10.5. The van der Waals surface area contributed by atoms with Crippen LogP contribution in [0.5, 0.6) is 0 Å². The summed E-state index contributed by atoms with van der Waals surface area (Å²) in [5, 5.41) is 10.9. The highest BCUT2D eigenvalue weighted by Gasteiger charge is 2.10. The van der Waals surface area contributed by atoms with Crippen molar-refractivity contribution in [2.75, 3.05) is 5.73 Å². The third-order valence-corrected chi connectivity index (χ3v) is 3.02. The molecule has 0 aliphatic heterocycles. The molecule has 0 aliphatic rings. The number of hydrogen-bond donors (Lipinski definition) is 3. The van der Waals surface area contributed by atoms with Crippen molar-refractivity contribution >= 4 is 40.7 Å². The van der Waals surface area contributed by atoms with Gasteiger partial charge in [-0.2, -0.15) is 9.97 Å². The van der Waals surface area contributed by atoms with Crippen LogP contribution in [0.25, 0.3) is 11.2 Å². The molecule has 2 aromatic heterocycles. The van der Waals surface area contributed by atoms with E-state index in [0.717, 1.165) is 18.4 Å². The van der Waals surface area contributed by atoms with Crippen LogP contribution in [0, 0.1) is 16.6 Å². The summed E-state index contributed by atoms with van der Waals surface area (Å²) in [5.74, 6) is 3.08. The fourth-order valence-corrected chi connectivity index (χ4v) is 2.05. The van der Waals surface area contributed by atoms with Gasteiger partial charge in [0.2, 0.25) is 5.28 Å². The molecule has 17 heavy (non-hydrogen) atoms. The highest BCUT2D eigenvalue weighted by molar-refractivity contribution is 8.02. The average molecular weight is 269 g/mol. The number of rotatable bonds is 1. The Morgan fingerprint density at radius 1 is 1.59 bits per heavy atom. The first-order valence-corrected chi connectivity index (χ1v) is 5.92. The van der Waals surface area contributed by atoms with Crippen molar-refractivity contribution in [2.24, 2.45) is 0 Å². The van der Waals surface area contributed by atoms with Crippen molar-refractivity contribution in [3.8, 4) is 11.2 Å². The molecule has 2 aromatic rings. The van der Waals surface area contributed by atoms with Crippen LogP contribution in [0.3, 0.4) is 0 Å². The predicted octanol–water partition coefficient (Wildman–Crippen LogP) is 1.34. The number of aromatic nitrogens is 4. The number of halogens is 1. The molecule has 0 atom stereocenters. The molecule has 0 aliphatic carbocycles. The van der Waals surface area contributed by atoms with E-state index >= 15 is 0 Å². The lowest BCUT2D eigenvalue weighted by Crippen LogP contribution is -2.17. The molecule has 6 nitrogen and oxygen atoms in total. The number of hydrogen-bond acceptors (Lipinski definition) is 5. The summed E-state index contributed by atoms with van der Waals surface area (Å²) < 4.78 is 1.41. The molecule has 0 saturated carbocycles. The van der Waals surface area contributed by atoms with E-state index in [4.69, 9.17) is 22.7 Å². The minimum Gasteiger partial charge on any atom is -0.369 e. The number of imidazole rings is 1. The second-order valence-corrected chi connectivity index (χ2v) is 4.16. The van der Waals surface area contributed by atoms with E-state index in [0.29, 0.717) is 11.2 Å². The SMILES string of the molecule is CCC#CSn1c(Cl)nc2nc(N)[nH]c2c1=N. The molecule has 2 rings (SSSR count). The van der Waals surface area contributed by atoms with Gasteiger partial charge in [0.05, 0.1) is 0 Å². The van der Waals surface area contributed by atoms with Gasteiger partial charge in [-0.3, -0.25) is 5.41 Å². The number of anilines is 1. The van der Waals surface area contributed by atoms with Gasteiger partial charge in [-0.1, -0.05) is 12.8 Å². The van der Waals surface area contributed by atoms with Crippen LogP contribution in [0.4, 0.5) is 5.95 Å². The predicted molar refractivity (Wildman–Crippen MR) is 68.2 cm³/mol. The minimum atomic E-state index is 0.139. The number of nitrogens with zero attached hydrogens (tertiary/aromatic N) is 3. The second kappa shape index (κ2) is 4.69. The van der Waals surface area contributed by atoms with Crippen molar-refractivity contribution in [1.29, 1.82) is 5.41 Å². The highest BCUT2D eigenvalue weighted by Crippen LogP contribution is 2.14. The van der Waals surface area contributed by atoms with E-state index in [1.165, 1.54) is 3.97 Å². The van der Waals surface area contributed by atoms with Gasteiger partial charge in [-0.05, 0) is 16.9 Å². The fourth-order valence-electron chi connectivity index (χ4n) is 1.19. The van der Waals surface area contributed by atoms with Crippen LogP contribution < -0.4 is 11.2 Å². The Morgan fingerprint density at radius 2 is 2.35 bits per heavy atom. The van der Waals surface area contributed by atoms with Crippen LogP contribution in [0.1, 0.15) is 13.3 Å². The molecule has 0 spiro atoms. The lowest BCUT2D eigenvalue weighted by Gasteiger charge is -2.02. The number of nitrogens with one attached hydrogen (secondary N) is 2. The summed E-state index contributed by atoms with van der Waals surface area (Å²) in [5.41, 5.74) is 6.42. The normalized spacial score (nSPS) is 10.2. The van der Waals surface area contributed by atoms with E-state index < -0.39 is 0 Å². The molecule has 88 valence electrons. The third-order valence-electron chi connectivity index (χ3n) is 1.89. The summed E-state index contributed by atoms with van der Waals surface area (Å²) >= 11 is 7.05. The standard InChI is InChI=1S/C9H9ClN6S/c1-2-3-4-17-16-6(11)5-7(14-8(16)10)15-9(12)13-5/h11H,2H2,1H3,(H3,12,13,15). The van der Waals surface area contributed by atoms with Gasteiger partial charge in [0.25, 0.3) is 0 Å². The molecule has 2 heterocycles. The van der Waals surface area contributed by atoms with Crippen molar-refractivity contribution < 1.29 is 0 Å². The zero-order chi connectivity index (χ0) is 12.4. The Balaban J connectivity index is 2.59. The summed E-state index contributed by atoms with van der Waals surface area (Å²) in [7, 11) is 0. The molecule has 4 N–H and O–H groups in total. The molecule has 0 radical (unpaired) electrons. The molecule has 0 unspecified atom stereocenters. The van der Waals surface area contributed by atoms with Crippen molar-refractivity contribution in [2.45, 2.75) is 13.3 Å². The van der Waals surface area contributed by atoms with E-state index in [-0.39, 0.29) is 16.7 Å². The van der Waals surface area contributed by atoms with Gasteiger partial charge < -0.3 is 10.7 Å². The average Bonchev–Trinajstić information content (AvgIpc) is 2.64. The molecule has 0 fully saturated rings. The number of nitrogen functional groups attached to an aromatic ring is 1. The Morgan fingerprint density at radius 3 is 3.06 bits per heavy atom. The summed E-state index contributed by atoms with van der Waals surface area (Å²) in [6.07, 6.45) is 0.741. The van der Waals surface area contributed by atoms with Crippen LogP contribution >= 0.6 is 23.5 Å². The molecule has 0 amide bonds. The van der Waals surface area contributed by atoms with E-state index in [9.17, 15) is 0 Å². The number of aromatic amines is 1. The molecular formula is C9H9ClN6S. The van der Waals surface area contributed by atoms with Crippen LogP contribution in [0.15, 0.2) is 0 Å². The second-order valence-electron chi connectivity index (χ2n) is 3.07. The number of nitrogens with two attached hydrogens (primary N) is 1. The first kappa shape index (κ1) is 11.8. The zero-order valence-electron chi connectivity index (χ0n) is 8.91. The largest absolute Gasteiger partial charge is 0.369 e. The van der Waals surface area contributed by atoms with E-state index in [1.807, 2.05) is 6.92 Å². The number of H-pyrrole nitrogens is 1. The number of fused-ring (bicyclic) bond motifs is 1. The maximum Gasteiger partial charge on any atom is 0.217 e. The van der Waals surface area contributed by atoms with E-state index in [1.54, 1.807) is 0 Å². The van der Waals surface area contributed by atoms with Crippen LogP contribution in [-0.2, 0) is 0 Å². The van der Waals surface area contributed by atoms with Gasteiger partial charge in [-0.25, -0.2) is 3.97 Å². The third kappa shape index (κ3) is 2.23. The van der Waals surface area contributed by atoms with Gasteiger partial charge in [0.1, 0.15) is 5.52 Å². The Hall–Kier alpha value is -1.65. The monoisotopic (exact) mass is 268 g/mol. The Bertz CT molecular complexity index is 676. The quantitative estimate of drug-likeness (QED) is 0.537. The summed E-state index contributed by atoms with van der Waals surface area (Å²) in [4.78, 5) is 10.7. The fraction of sp³-hybridized carbons (Fsp3) is 0.222. The van der Waals surface area contributed by atoms with Crippen LogP contribution in [0.2, 0.25) is 5.28 Å². The molecule has 0 bridgehead atoms. The van der Waals surface area contributed by atoms with Gasteiger partial charge >= 0.3 is 0 Å². The van der Waals surface area contributed by atoms with Gasteiger partial charge in [0, 0.05) is 18.4 Å². The minimum absolute atomic E-state index is 0.139. The van der Waals surface area contributed by atoms with Crippen molar-refractivity contribution in [3.63, 3.8) is 0 Å². The van der Waals surface area contributed by atoms with E-state index in [2.05, 4.69) is 26.1 Å². The molecule has 0 aromatic carbocycles. The Kier molecular flexibility index (Phi) is 3.26. The molecule has 0 saturated heterocycles. The first-order chi connectivity index (χ1) is 8.13. The molecule has 8 heteroatoms. The van der Waals surface area contributed by atoms with Gasteiger partial charge in [-0.15, -0.1) is 0 Å². The topological polar surface area (TPSA) is 96.4 Å². The molecular weight excluding hydrogens is 260 g/mol. The summed E-state index contributed by atoms with van der Waals surface area (Å²) in [6, 6.07) is 0. The highest BCUT2D eigenvalue weighted by atomic mass is 35.5. The van der Waals surface area contributed by atoms with Crippen molar-refractivity contribution in [1.82, 2.24) is 18.9 Å². The summed E-state index contributed by atoms with van der Waals surface area (Å²) in [6.45, 7) is 1.94. The maximum absolute atomic E-state index is 7.95. The smallest absolute Gasteiger partial charge is 0.217 e. The first-order valence-electron chi connectivity index (χ1n) is 4.77. The maximum atomic E-state index is 7.95.